The summed E-state index contributed by atoms with van der Waals surface area (Å²) in [4.78, 5) is 12.7. The Morgan fingerprint density at radius 3 is 2.50 bits per heavy atom. The number of ketones is 1. The van der Waals surface area contributed by atoms with Crippen LogP contribution >= 0.6 is 0 Å². The van der Waals surface area contributed by atoms with Crippen molar-refractivity contribution in [3.63, 3.8) is 0 Å². The summed E-state index contributed by atoms with van der Waals surface area (Å²) < 4.78 is 0. The van der Waals surface area contributed by atoms with Crippen LogP contribution in [-0.2, 0) is 4.79 Å². The molecule has 1 unspecified atom stereocenters. The van der Waals surface area contributed by atoms with Crippen LogP contribution in [0.3, 0.4) is 0 Å². The first-order valence-corrected chi connectivity index (χ1v) is 3.48. The molecule has 58 valence electrons. The van der Waals surface area contributed by atoms with Crippen LogP contribution in [0.2, 0.25) is 0 Å². The van der Waals surface area contributed by atoms with Gasteiger partial charge in [0, 0.05) is 19.0 Å². The number of aliphatic hydroxyl groups excluding tert-OH is 1. The van der Waals surface area contributed by atoms with Gasteiger partial charge in [-0.3, -0.25) is 4.79 Å². The molecule has 1 aliphatic heterocycles. The first kappa shape index (κ1) is 7.69. The molecule has 0 bridgehead atoms. The smallest absolute Gasteiger partial charge is 0.158 e. The fourth-order valence-corrected chi connectivity index (χ4v) is 1.28. The van der Waals surface area contributed by atoms with Crippen molar-refractivity contribution in [1.29, 1.82) is 0 Å². The van der Waals surface area contributed by atoms with Crippen molar-refractivity contribution in [2.75, 3.05) is 20.1 Å². The highest BCUT2D eigenvalue weighted by Crippen LogP contribution is 2.17. The van der Waals surface area contributed by atoms with Gasteiger partial charge in [0.05, 0.1) is 0 Å². The van der Waals surface area contributed by atoms with Gasteiger partial charge in [0.2, 0.25) is 0 Å². The molecule has 3 heteroatoms. The Labute approximate surface area is 60.6 Å². The highest BCUT2D eigenvalue weighted by atomic mass is 16.3. The molecule has 1 saturated heterocycles. The van der Waals surface area contributed by atoms with Crippen LogP contribution in [0.5, 0.6) is 0 Å². The van der Waals surface area contributed by atoms with Gasteiger partial charge >= 0.3 is 0 Å². The maximum absolute atomic E-state index is 10.6. The third-order valence-corrected chi connectivity index (χ3v) is 1.96. The number of carbonyl (C=O) groups is 1. The van der Waals surface area contributed by atoms with Gasteiger partial charge in [-0.2, -0.15) is 0 Å². The molecule has 0 aromatic heterocycles. The monoisotopic (exact) mass is 143 g/mol. The molecule has 0 aromatic carbocycles. The van der Waals surface area contributed by atoms with E-state index >= 15 is 0 Å². The molecule has 0 saturated carbocycles. The SMILES string of the molecule is CC(=O)C(O)C1CN(C)C1. The van der Waals surface area contributed by atoms with E-state index in [9.17, 15) is 9.90 Å². The van der Waals surface area contributed by atoms with Gasteiger partial charge in [-0.1, -0.05) is 0 Å². The summed E-state index contributed by atoms with van der Waals surface area (Å²) in [7, 11) is 1.98. The lowest BCUT2D eigenvalue weighted by Crippen LogP contribution is -2.51. The van der Waals surface area contributed by atoms with Crippen LogP contribution in [-0.4, -0.2) is 42.0 Å². The van der Waals surface area contributed by atoms with Crippen molar-refractivity contribution in [3.05, 3.63) is 0 Å². The average Bonchev–Trinajstić information content (AvgIpc) is 1.79. The van der Waals surface area contributed by atoms with E-state index in [1.807, 2.05) is 7.05 Å². The summed E-state index contributed by atoms with van der Waals surface area (Å²) in [6.07, 6.45) is -0.726. The number of rotatable bonds is 2. The van der Waals surface area contributed by atoms with Crippen LogP contribution in [0.15, 0.2) is 0 Å². The number of hydrogen-bond donors (Lipinski definition) is 1. The second-order valence-electron chi connectivity index (χ2n) is 3.04. The summed E-state index contributed by atoms with van der Waals surface area (Å²) in [6.45, 7) is 3.13. The summed E-state index contributed by atoms with van der Waals surface area (Å²) in [5, 5.41) is 9.19. The van der Waals surface area contributed by atoms with Gasteiger partial charge in [-0.25, -0.2) is 0 Å². The zero-order valence-electron chi connectivity index (χ0n) is 6.37. The average molecular weight is 143 g/mol. The second kappa shape index (κ2) is 2.68. The largest absolute Gasteiger partial charge is 0.385 e. The van der Waals surface area contributed by atoms with Crippen molar-refractivity contribution >= 4 is 5.78 Å². The van der Waals surface area contributed by atoms with Gasteiger partial charge in [0.15, 0.2) is 5.78 Å². The number of nitrogens with zero attached hydrogens (tertiary/aromatic N) is 1. The molecule has 0 aliphatic carbocycles. The Morgan fingerprint density at radius 2 is 2.20 bits per heavy atom. The Hall–Kier alpha value is -0.410. The first-order valence-electron chi connectivity index (χ1n) is 3.48. The van der Waals surface area contributed by atoms with Crippen LogP contribution in [0.1, 0.15) is 6.92 Å². The molecule has 1 atom stereocenters. The molecule has 1 heterocycles. The standard InChI is InChI=1S/C7H13NO2/c1-5(9)7(10)6-3-8(2)4-6/h6-7,10H,3-4H2,1-2H3. The number of likely N-dealkylation sites (tertiary alicyclic amines) is 1. The van der Waals surface area contributed by atoms with Crippen LogP contribution in [0.25, 0.3) is 0 Å². The Bertz CT molecular complexity index is 141. The van der Waals surface area contributed by atoms with E-state index in [-0.39, 0.29) is 11.7 Å². The molecule has 1 aliphatic rings. The van der Waals surface area contributed by atoms with Crippen molar-refractivity contribution in [3.8, 4) is 0 Å². The normalized spacial score (nSPS) is 23.9. The predicted molar refractivity (Wildman–Crippen MR) is 37.7 cm³/mol. The third-order valence-electron chi connectivity index (χ3n) is 1.96. The molecular weight excluding hydrogens is 130 g/mol. The first-order chi connectivity index (χ1) is 4.61. The maximum Gasteiger partial charge on any atom is 0.158 e. The third kappa shape index (κ3) is 1.36. The van der Waals surface area contributed by atoms with Crippen molar-refractivity contribution < 1.29 is 9.90 Å². The lowest BCUT2D eigenvalue weighted by Gasteiger charge is -2.38. The van der Waals surface area contributed by atoms with Crippen LogP contribution in [0.4, 0.5) is 0 Å². The molecule has 10 heavy (non-hydrogen) atoms. The Morgan fingerprint density at radius 1 is 1.70 bits per heavy atom. The summed E-state index contributed by atoms with van der Waals surface area (Å²) in [6, 6.07) is 0. The minimum Gasteiger partial charge on any atom is -0.385 e. The highest BCUT2D eigenvalue weighted by Gasteiger charge is 2.32. The minimum atomic E-state index is -0.726. The molecule has 0 spiro atoms. The van der Waals surface area contributed by atoms with Gasteiger partial charge in [-0.05, 0) is 14.0 Å². The molecule has 0 amide bonds. The second-order valence-corrected chi connectivity index (χ2v) is 3.04. The minimum absolute atomic E-state index is 0.113. The number of aliphatic hydroxyl groups is 1. The van der Waals surface area contributed by atoms with Crippen molar-refractivity contribution in [2.45, 2.75) is 13.0 Å². The lowest BCUT2D eigenvalue weighted by atomic mass is 9.92. The van der Waals surface area contributed by atoms with E-state index in [2.05, 4.69) is 4.90 Å². The van der Waals surface area contributed by atoms with E-state index in [0.29, 0.717) is 0 Å². The highest BCUT2D eigenvalue weighted by molar-refractivity contribution is 5.80. The summed E-state index contributed by atoms with van der Waals surface area (Å²) in [5.74, 6) is 0.0700. The predicted octanol–water partition coefficient (Wildman–Crippen LogP) is -0.502. The molecule has 1 fully saturated rings. The molecule has 3 nitrogen and oxygen atoms in total. The fraction of sp³-hybridized carbons (Fsp3) is 0.857. The summed E-state index contributed by atoms with van der Waals surface area (Å²) >= 11 is 0. The van der Waals surface area contributed by atoms with E-state index in [0.717, 1.165) is 13.1 Å². The zero-order chi connectivity index (χ0) is 7.72. The van der Waals surface area contributed by atoms with E-state index in [1.54, 1.807) is 0 Å². The molecule has 0 radical (unpaired) electrons. The van der Waals surface area contributed by atoms with E-state index < -0.39 is 6.10 Å². The van der Waals surface area contributed by atoms with Gasteiger partial charge < -0.3 is 10.0 Å². The molecular formula is C7H13NO2. The van der Waals surface area contributed by atoms with Gasteiger partial charge in [0.25, 0.3) is 0 Å². The van der Waals surface area contributed by atoms with Crippen LogP contribution < -0.4 is 0 Å². The maximum atomic E-state index is 10.6. The van der Waals surface area contributed by atoms with Gasteiger partial charge in [0.1, 0.15) is 6.10 Å². The molecule has 1 rings (SSSR count). The van der Waals surface area contributed by atoms with Crippen molar-refractivity contribution in [2.24, 2.45) is 5.92 Å². The number of carbonyl (C=O) groups excluding carboxylic acids is 1. The van der Waals surface area contributed by atoms with Gasteiger partial charge in [-0.15, -0.1) is 0 Å². The van der Waals surface area contributed by atoms with E-state index in [1.165, 1.54) is 6.92 Å². The molecule has 1 N–H and O–H groups in total. The Kier molecular flexibility index (Phi) is 2.06. The fourth-order valence-electron chi connectivity index (χ4n) is 1.28. The quantitative estimate of drug-likeness (QED) is 0.566. The number of hydrogen-bond acceptors (Lipinski definition) is 3. The van der Waals surface area contributed by atoms with E-state index in [4.69, 9.17) is 0 Å². The topological polar surface area (TPSA) is 40.5 Å². The Balaban J connectivity index is 2.31. The zero-order valence-corrected chi connectivity index (χ0v) is 6.37. The summed E-state index contributed by atoms with van der Waals surface area (Å²) in [5.41, 5.74) is 0. The molecule has 0 aromatic rings. The van der Waals surface area contributed by atoms with Crippen LogP contribution in [0, 0.1) is 5.92 Å². The van der Waals surface area contributed by atoms with Crippen molar-refractivity contribution in [1.82, 2.24) is 4.90 Å². The number of Topliss-reactive ketones (excluding diaryl/α,β-unsaturated/α-hetero) is 1. The lowest BCUT2D eigenvalue weighted by molar-refractivity contribution is -0.130.